The van der Waals surface area contributed by atoms with E-state index in [-0.39, 0.29) is 0 Å². The third kappa shape index (κ3) is 3.14. The molecule has 0 heterocycles. The molecule has 0 aromatic heterocycles. The van der Waals surface area contributed by atoms with Gasteiger partial charge in [0.15, 0.2) is 0 Å². The first kappa shape index (κ1) is 12.8. The molecule has 0 unspecified atom stereocenters. The van der Waals surface area contributed by atoms with Gasteiger partial charge in [-0.1, -0.05) is 0 Å². The molecule has 0 aliphatic heterocycles. The fourth-order valence-corrected chi connectivity index (χ4v) is 1.71. The lowest BCUT2D eigenvalue weighted by molar-refractivity contribution is 0.0800. The zero-order valence-corrected chi connectivity index (χ0v) is 10.6. The summed E-state index contributed by atoms with van der Waals surface area (Å²) in [6, 6.07) is 3.79. The highest BCUT2D eigenvalue weighted by Crippen LogP contribution is 2.31. The largest absolute Gasteiger partial charge is 0.497 e. The fourth-order valence-electron chi connectivity index (χ4n) is 1.71. The molecule has 0 fully saturated rings. The minimum absolute atomic E-state index is 0.562. The highest BCUT2D eigenvalue weighted by Gasteiger charge is 2.19. The summed E-state index contributed by atoms with van der Waals surface area (Å²) in [5, 5.41) is 9.86. The highest BCUT2D eigenvalue weighted by molar-refractivity contribution is 5.46. The Labute approximate surface area is 97.0 Å². The number of hydrogen-bond donors (Lipinski definition) is 1. The summed E-state index contributed by atoms with van der Waals surface area (Å²) in [4.78, 5) is 0. The molecule has 1 N–H and O–H groups in total. The summed E-state index contributed by atoms with van der Waals surface area (Å²) in [5.74, 6) is 1.54. The van der Waals surface area contributed by atoms with Crippen molar-refractivity contribution in [3.8, 4) is 11.5 Å². The first-order valence-corrected chi connectivity index (χ1v) is 5.31. The van der Waals surface area contributed by atoms with Gasteiger partial charge in [-0.15, -0.1) is 0 Å². The lowest BCUT2D eigenvalue weighted by Crippen LogP contribution is -2.22. The Kier molecular flexibility index (Phi) is 3.81. The Balaban J connectivity index is 3.16. The fraction of sp³-hybridized carbons (Fsp3) is 0.538. The lowest BCUT2D eigenvalue weighted by atomic mass is 9.94. The summed E-state index contributed by atoms with van der Waals surface area (Å²) < 4.78 is 10.5. The van der Waals surface area contributed by atoms with Gasteiger partial charge in [-0.25, -0.2) is 0 Å². The predicted octanol–water partition coefficient (Wildman–Crippen LogP) is 2.33. The van der Waals surface area contributed by atoms with Crippen LogP contribution in [0.25, 0.3) is 0 Å². The molecule has 0 atom stereocenters. The van der Waals surface area contributed by atoms with Crippen LogP contribution in [-0.2, 0) is 6.42 Å². The van der Waals surface area contributed by atoms with Gasteiger partial charge in [0.25, 0.3) is 0 Å². The molecule has 3 nitrogen and oxygen atoms in total. The highest BCUT2D eigenvalue weighted by atomic mass is 16.5. The quantitative estimate of drug-likeness (QED) is 0.853. The van der Waals surface area contributed by atoms with Crippen LogP contribution in [0, 0.1) is 6.92 Å². The second-order valence-electron chi connectivity index (χ2n) is 4.61. The van der Waals surface area contributed by atoms with Crippen LogP contribution >= 0.6 is 0 Å². The van der Waals surface area contributed by atoms with Crippen molar-refractivity contribution in [1.82, 2.24) is 0 Å². The van der Waals surface area contributed by atoms with Crippen molar-refractivity contribution in [2.45, 2.75) is 32.8 Å². The summed E-state index contributed by atoms with van der Waals surface area (Å²) in [7, 11) is 3.26. The summed E-state index contributed by atoms with van der Waals surface area (Å²) in [6.45, 7) is 5.57. The van der Waals surface area contributed by atoms with Crippen molar-refractivity contribution in [2.75, 3.05) is 14.2 Å². The van der Waals surface area contributed by atoms with E-state index in [1.54, 1.807) is 28.1 Å². The molecule has 0 spiro atoms. The topological polar surface area (TPSA) is 38.7 Å². The van der Waals surface area contributed by atoms with Gasteiger partial charge in [0, 0.05) is 18.1 Å². The molecule has 0 radical (unpaired) electrons. The van der Waals surface area contributed by atoms with Gasteiger partial charge in [-0.2, -0.15) is 0 Å². The van der Waals surface area contributed by atoms with E-state index in [1.807, 2.05) is 19.1 Å². The van der Waals surface area contributed by atoms with E-state index in [9.17, 15) is 5.11 Å². The molecule has 90 valence electrons. The number of aliphatic hydroxyl groups is 1. The van der Waals surface area contributed by atoms with Crippen LogP contribution < -0.4 is 9.47 Å². The monoisotopic (exact) mass is 224 g/mol. The van der Waals surface area contributed by atoms with Crippen molar-refractivity contribution in [3.05, 3.63) is 23.3 Å². The standard InChI is InChI=1S/C13H20O3/c1-9-6-10(15-4)7-12(16-5)11(9)8-13(2,3)14/h6-7,14H,8H2,1-5H3. The van der Waals surface area contributed by atoms with Crippen molar-refractivity contribution in [1.29, 1.82) is 0 Å². The zero-order chi connectivity index (χ0) is 12.3. The van der Waals surface area contributed by atoms with Crippen LogP contribution in [0.1, 0.15) is 25.0 Å². The minimum Gasteiger partial charge on any atom is -0.497 e. The van der Waals surface area contributed by atoms with E-state index in [0.29, 0.717) is 6.42 Å². The zero-order valence-electron chi connectivity index (χ0n) is 10.6. The number of hydrogen-bond acceptors (Lipinski definition) is 3. The van der Waals surface area contributed by atoms with Crippen molar-refractivity contribution in [2.24, 2.45) is 0 Å². The summed E-state index contributed by atoms with van der Waals surface area (Å²) in [6.07, 6.45) is 0.562. The molecular formula is C13H20O3. The predicted molar refractivity (Wildman–Crippen MR) is 64.3 cm³/mol. The third-order valence-electron chi connectivity index (χ3n) is 2.47. The van der Waals surface area contributed by atoms with Crippen LogP contribution in [0.15, 0.2) is 12.1 Å². The lowest BCUT2D eigenvalue weighted by Gasteiger charge is -2.21. The number of ether oxygens (including phenoxy) is 2. The maximum atomic E-state index is 9.86. The molecule has 0 aliphatic rings. The second kappa shape index (κ2) is 4.74. The van der Waals surface area contributed by atoms with Gasteiger partial charge in [-0.05, 0) is 32.4 Å². The van der Waals surface area contributed by atoms with E-state index >= 15 is 0 Å². The van der Waals surface area contributed by atoms with E-state index in [1.165, 1.54) is 0 Å². The van der Waals surface area contributed by atoms with Crippen LogP contribution in [0.2, 0.25) is 0 Å². The Bertz CT molecular complexity index is 364. The van der Waals surface area contributed by atoms with Gasteiger partial charge < -0.3 is 14.6 Å². The van der Waals surface area contributed by atoms with E-state index in [0.717, 1.165) is 22.6 Å². The molecule has 0 saturated heterocycles. The van der Waals surface area contributed by atoms with Gasteiger partial charge in [-0.3, -0.25) is 0 Å². The molecule has 16 heavy (non-hydrogen) atoms. The number of aryl methyl sites for hydroxylation is 1. The molecule has 0 bridgehead atoms. The molecule has 1 rings (SSSR count). The Morgan fingerprint density at radius 3 is 2.25 bits per heavy atom. The van der Waals surface area contributed by atoms with Crippen LogP contribution in [0.5, 0.6) is 11.5 Å². The maximum Gasteiger partial charge on any atom is 0.126 e. The third-order valence-corrected chi connectivity index (χ3v) is 2.47. The number of methoxy groups -OCH3 is 2. The first-order valence-electron chi connectivity index (χ1n) is 5.31. The van der Waals surface area contributed by atoms with Crippen LogP contribution in [0.3, 0.4) is 0 Å². The van der Waals surface area contributed by atoms with Crippen molar-refractivity contribution in [3.63, 3.8) is 0 Å². The number of benzene rings is 1. The van der Waals surface area contributed by atoms with Gasteiger partial charge in [0.05, 0.1) is 19.8 Å². The average Bonchev–Trinajstić information content (AvgIpc) is 2.19. The normalized spacial score (nSPS) is 11.4. The van der Waals surface area contributed by atoms with Gasteiger partial charge in [0.1, 0.15) is 11.5 Å². The first-order chi connectivity index (χ1) is 7.37. The van der Waals surface area contributed by atoms with E-state index in [2.05, 4.69) is 0 Å². The van der Waals surface area contributed by atoms with Gasteiger partial charge >= 0.3 is 0 Å². The Hall–Kier alpha value is -1.22. The Morgan fingerprint density at radius 1 is 1.19 bits per heavy atom. The smallest absolute Gasteiger partial charge is 0.126 e. The second-order valence-corrected chi connectivity index (χ2v) is 4.61. The molecule has 1 aromatic carbocycles. The van der Waals surface area contributed by atoms with Gasteiger partial charge in [0.2, 0.25) is 0 Å². The van der Waals surface area contributed by atoms with E-state index < -0.39 is 5.60 Å². The minimum atomic E-state index is -0.743. The van der Waals surface area contributed by atoms with Crippen molar-refractivity contribution >= 4 is 0 Å². The molecule has 3 heteroatoms. The summed E-state index contributed by atoms with van der Waals surface area (Å²) in [5.41, 5.74) is 1.35. The molecule has 0 amide bonds. The maximum absolute atomic E-state index is 9.86. The van der Waals surface area contributed by atoms with Crippen molar-refractivity contribution < 1.29 is 14.6 Å². The number of rotatable bonds is 4. The molecular weight excluding hydrogens is 204 g/mol. The molecule has 1 aromatic rings. The summed E-state index contributed by atoms with van der Waals surface area (Å²) >= 11 is 0. The molecule has 0 aliphatic carbocycles. The van der Waals surface area contributed by atoms with Crippen LogP contribution in [0.4, 0.5) is 0 Å². The van der Waals surface area contributed by atoms with E-state index in [4.69, 9.17) is 9.47 Å². The SMILES string of the molecule is COc1cc(C)c(CC(C)(C)O)c(OC)c1. The molecule has 0 saturated carbocycles. The average molecular weight is 224 g/mol. The van der Waals surface area contributed by atoms with Crippen LogP contribution in [-0.4, -0.2) is 24.9 Å². The Morgan fingerprint density at radius 2 is 1.81 bits per heavy atom.